The maximum Gasteiger partial charge on any atom is 0.284 e. The fraction of sp³-hybridized carbons (Fsp3) is 0.333. The molecule has 3 N–H and O–H groups in total. The Bertz CT molecular complexity index is 1010. The Hall–Kier alpha value is -2.43. The number of carbonyl (C=O) groups is 1. The van der Waals surface area contributed by atoms with Crippen LogP contribution in [0.2, 0.25) is 0 Å². The molecule has 1 amide bonds. The zero-order valence-corrected chi connectivity index (χ0v) is 17.3. The molecule has 1 aromatic heterocycles. The minimum atomic E-state index is -3.83. The zero-order chi connectivity index (χ0) is 20.5. The van der Waals surface area contributed by atoms with E-state index in [0.29, 0.717) is 18.2 Å². The summed E-state index contributed by atoms with van der Waals surface area (Å²) in [5.74, 6) is -0.995. The van der Waals surface area contributed by atoms with E-state index in [1.54, 1.807) is 0 Å². The van der Waals surface area contributed by atoms with Crippen LogP contribution in [0.4, 0.5) is 5.69 Å². The Morgan fingerprint density at radius 3 is 2.39 bits per heavy atom. The summed E-state index contributed by atoms with van der Waals surface area (Å²) in [6.07, 6.45) is 0. The van der Waals surface area contributed by atoms with Gasteiger partial charge in [-0.15, -0.1) is 0 Å². The van der Waals surface area contributed by atoms with Crippen LogP contribution < -0.4 is 11.1 Å². The molecule has 1 aliphatic rings. The molecule has 0 bridgehead atoms. The van der Waals surface area contributed by atoms with Gasteiger partial charge in [0.05, 0.1) is 0 Å². The van der Waals surface area contributed by atoms with Crippen LogP contribution in [-0.4, -0.2) is 54.8 Å². The number of amides is 1. The van der Waals surface area contributed by atoms with Gasteiger partial charge in [-0.3, -0.25) is 4.79 Å². The van der Waals surface area contributed by atoms with Crippen LogP contribution in [0.5, 0.6) is 0 Å². The maximum absolute atomic E-state index is 12.7. The number of benzene rings is 1. The quantitative estimate of drug-likeness (QED) is 0.722. The minimum absolute atomic E-state index is 0.184. The highest BCUT2D eigenvalue weighted by Gasteiger charge is 2.32. The van der Waals surface area contributed by atoms with Gasteiger partial charge in [0.15, 0.2) is 10.9 Å². The maximum atomic E-state index is 12.7. The van der Waals surface area contributed by atoms with E-state index in [1.807, 2.05) is 30.9 Å². The summed E-state index contributed by atoms with van der Waals surface area (Å²) in [6.45, 7) is 5.43. The Balaban J connectivity index is 1.63. The number of nitrogens with two attached hydrogens (primary N) is 1. The van der Waals surface area contributed by atoms with E-state index in [2.05, 4.69) is 11.4 Å². The monoisotopic (exact) mass is 422 g/mol. The van der Waals surface area contributed by atoms with E-state index >= 15 is 0 Å². The summed E-state index contributed by atoms with van der Waals surface area (Å²) >= 11 is 5.48. The molecule has 0 unspecified atom stereocenters. The van der Waals surface area contributed by atoms with Crippen molar-refractivity contribution in [1.29, 1.82) is 0 Å². The van der Waals surface area contributed by atoms with E-state index in [1.165, 1.54) is 22.0 Å². The molecule has 2 aromatic rings. The first-order valence-corrected chi connectivity index (χ1v) is 10.6. The molecule has 0 radical (unpaired) electrons. The highest BCUT2D eigenvalue weighted by Crippen LogP contribution is 2.21. The van der Waals surface area contributed by atoms with Crippen LogP contribution in [-0.2, 0) is 10.0 Å². The molecule has 3 rings (SSSR count). The number of nitrogens with one attached hydrogen (secondary N) is 1. The number of aryl methyl sites for hydroxylation is 2. The lowest BCUT2D eigenvalue weighted by molar-refractivity contribution is 0.0968. The summed E-state index contributed by atoms with van der Waals surface area (Å²) in [5, 5.41) is 3.50. The van der Waals surface area contributed by atoms with Gasteiger partial charge in [-0.05, 0) is 49.8 Å². The first kappa shape index (κ1) is 20.3. The number of sulfonamides is 1. The largest absolute Gasteiger partial charge is 0.438 e. The van der Waals surface area contributed by atoms with E-state index in [0.717, 1.165) is 11.3 Å². The molecule has 1 aliphatic heterocycles. The molecular formula is C18H22N4O4S2. The second kappa shape index (κ2) is 7.90. The molecule has 0 saturated carbocycles. The molecule has 8 nitrogen and oxygen atoms in total. The van der Waals surface area contributed by atoms with Gasteiger partial charge in [0.25, 0.3) is 15.9 Å². The smallest absolute Gasteiger partial charge is 0.284 e. The highest BCUT2D eigenvalue weighted by atomic mass is 32.2. The van der Waals surface area contributed by atoms with Gasteiger partial charge in [0.1, 0.15) is 0 Å². The van der Waals surface area contributed by atoms with Crippen LogP contribution in [0.25, 0.3) is 0 Å². The molecular weight excluding hydrogens is 400 g/mol. The number of thiocarbonyl (C=S) groups is 1. The van der Waals surface area contributed by atoms with Crippen molar-refractivity contribution >= 4 is 38.9 Å². The van der Waals surface area contributed by atoms with Crippen molar-refractivity contribution in [2.24, 2.45) is 5.73 Å². The van der Waals surface area contributed by atoms with E-state index in [4.69, 9.17) is 22.4 Å². The lowest BCUT2D eigenvalue weighted by Gasteiger charge is -2.35. The van der Waals surface area contributed by atoms with Gasteiger partial charge >= 0.3 is 0 Å². The number of piperazine rings is 1. The van der Waals surface area contributed by atoms with Crippen LogP contribution in [0.15, 0.2) is 39.8 Å². The lowest BCUT2D eigenvalue weighted by atomic mass is 10.1. The number of hydrogen-bond acceptors (Lipinski definition) is 5. The van der Waals surface area contributed by atoms with Crippen molar-refractivity contribution in [3.63, 3.8) is 0 Å². The molecule has 28 heavy (non-hydrogen) atoms. The first-order valence-electron chi connectivity index (χ1n) is 8.71. The van der Waals surface area contributed by atoms with Gasteiger partial charge in [-0.2, -0.15) is 4.31 Å². The molecule has 0 atom stereocenters. The zero-order valence-electron chi connectivity index (χ0n) is 15.6. The lowest BCUT2D eigenvalue weighted by Crippen LogP contribution is -2.51. The molecule has 0 aliphatic carbocycles. The number of carbonyl (C=O) groups excluding carboxylic acids is 1. The SMILES string of the molecule is Cc1ccc(NC(=S)N2CCN(S(=O)(=O)c3ccc(C(N)=O)o3)CC2)c(C)c1. The van der Waals surface area contributed by atoms with E-state index < -0.39 is 15.9 Å². The number of rotatable bonds is 4. The van der Waals surface area contributed by atoms with Gasteiger partial charge < -0.3 is 20.4 Å². The number of furan rings is 1. The number of anilines is 1. The highest BCUT2D eigenvalue weighted by molar-refractivity contribution is 7.89. The molecule has 10 heteroatoms. The molecule has 2 heterocycles. The summed E-state index contributed by atoms with van der Waals surface area (Å²) < 4.78 is 31.8. The van der Waals surface area contributed by atoms with Crippen LogP contribution in [0, 0.1) is 13.8 Å². The molecule has 1 aromatic carbocycles. The normalized spacial score (nSPS) is 15.4. The fourth-order valence-electron chi connectivity index (χ4n) is 3.00. The van der Waals surface area contributed by atoms with Crippen molar-refractivity contribution < 1.29 is 17.6 Å². The number of nitrogens with zero attached hydrogens (tertiary/aromatic N) is 2. The molecule has 0 spiro atoms. The molecule has 150 valence electrons. The van der Waals surface area contributed by atoms with Crippen molar-refractivity contribution in [2.45, 2.75) is 18.9 Å². The Morgan fingerprint density at radius 2 is 1.82 bits per heavy atom. The molecule has 1 saturated heterocycles. The Kier molecular flexibility index (Phi) is 5.73. The third-order valence-corrected chi connectivity index (χ3v) is 6.70. The topological polar surface area (TPSA) is 109 Å². The standard InChI is InChI=1S/C18H22N4O4S2/c1-12-3-4-14(13(2)11-12)20-18(27)21-7-9-22(10-8-21)28(24,25)16-6-5-15(26-16)17(19)23/h3-6,11H,7-10H2,1-2H3,(H2,19,23)(H,20,27). The predicted molar refractivity (Wildman–Crippen MR) is 110 cm³/mol. The third-order valence-electron chi connectivity index (χ3n) is 4.57. The van der Waals surface area contributed by atoms with Crippen LogP contribution in [0.3, 0.4) is 0 Å². The van der Waals surface area contributed by atoms with Gasteiger partial charge in [0, 0.05) is 31.9 Å². The van der Waals surface area contributed by atoms with Crippen molar-refractivity contribution in [3.8, 4) is 0 Å². The van der Waals surface area contributed by atoms with Gasteiger partial charge in [-0.1, -0.05) is 17.7 Å². The van der Waals surface area contributed by atoms with Gasteiger partial charge in [0.2, 0.25) is 5.09 Å². The fourth-order valence-corrected chi connectivity index (χ4v) is 4.62. The summed E-state index contributed by atoms with van der Waals surface area (Å²) in [5.41, 5.74) is 8.31. The summed E-state index contributed by atoms with van der Waals surface area (Å²) in [7, 11) is -3.83. The third kappa shape index (κ3) is 4.18. The summed E-state index contributed by atoms with van der Waals surface area (Å²) in [4.78, 5) is 13.0. The minimum Gasteiger partial charge on any atom is -0.438 e. The van der Waals surface area contributed by atoms with Crippen molar-refractivity contribution in [2.75, 3.05) is 31.5 Å². The average Bonchev–Trinajstić information content (AvgIpc) is 3.15. The Morgan fingerprint density at radius 1 is 1.14 bits per heavy atom. The second-order valence-corrected chi connectivity index (χ2v) is 8.88. The van der Waals surface area contributed by atoms with Crippen molar-refractivity contribution in [3.05, 3.63) is 47.2 Å². The van der Waals surface area contributed by atoms with Crippen LogP contribution in [0.1, 0.15) is 21.7 Å². The molecule has 1 fully saturated rings. The first-order chi connectivity index (χ1) is 13.2. The number of hydrogen-bond donors (Lipinski definition) is 2. The Labute approximate surface area is 169 Å². The van der Waals surface area contributed by atoms with Crippen LogP contribution >= 0.6 is 12.2 Å². The average molecular weight is 423 g/mol. The number of primary amides is 1. The van der Waals surface area contributed by atoms with E-state index in [9.17, 15) is 13.2 Å². The van der Waals surface area contributed by atoms with Gasteiger partial charge in [-0.25, -0.2) is 8.42 Å². The van der Waals surface area contributed by atoms with E-state index in [-0.39, 0.29) is 23.9 Å². The predicted octanol–water partition coefficient (Wildman–Crippen LogP) is 1.70. The van der Waals surface area contributed by atoms with Crippen molar-refractivity contribution in [1.82, 2.24) is 9.21 Å². The second-order valence-electron chi connectivity index (χ2n) is 6.62. The summed E-state index contributed by atoms with van der Waals surface area (Å²) in [6, 6.07) is 8.55.